The lowest BCUT2D eigenvalue weighted by Crippen LogP contribution is -2.35. The van der Waals surface area contributed by atoms with E-state index in [1.54, 1.807) is 4.72 Å². The molecule has 0 atom stereocenters. The highest BCUT2D eigenvalue weighted by Crippen LogP contribution is 2.17. The van der Waals surface area contributed by atoms with E-state index < -0.39 is 28.7 Å². The van der Waals surface area contributed by atoms with Crippen LogP contribution in [-0.4, -0.2) is 32.8 Å². The van der Waals surface area contributed by atoms with Crippen molar-refractivity contribution < 1.29 is 27.4 Å². The van der Waals surface area contributed by atoms with E-state index in [0.717, 1.165) is 18.2 Å². The fraction of sp³-hybridized carbons (Fsp3) is 0.250. The van der Waals surface area contributed by atoms with Crippen LogP contribution in [0.15, 0.2) is 18.2 Å². The summed E-state index contributed by atoms with van der Waals surface area (Å²) in [5.41, 5.74) is -0.0348. The zero-order chi connectivity index (χ0) is 15.9. The van der Waals surface area contributed by atoms with Gasteiger partial charge in [-0.3, -0.25) is 4.72 Å². The molecule has 7 nitrogen and oxygen atoms in total. The number of ether oxygens (including phenoxy) is 1. The molecule has 0 bridgehead atoms. The second kappa shape index (κ2) is 7.47. The molecule has 3 N–H and O–H groups in total. The summed E-state index contributed by atoms with van der Waals surface area (Å²) in [5.74, 6) is 4.04. The van der Waals surface area contributed by atoms with Crippen molar-refractivity contribution in [3.63, 3.8) is 0 Å². The number of benzene rings is 1. The molecule has 0 aliphatic rings. The molecule has 1 aromatic rings. The number of carbonyl (C=O) groups is 1. The summed E-state index contributed by atoms with van der Waals surface area (Å²) in [4.78, 5) is 11.1. The number of anilines is 1. The molecule has 1 rings (SSSR count). The fourth-order valence-electron chi connectivity index (χ4n) is 1.28. The zero-order valence-electron chi connectivity index (χ0n) is 11.0. The molecule has 0 aromatic heterocycles. The van der Waals surface area contributed by atoms with Gasteiger partial charge in [-0.1, -0.05) is 11.8 Å². The molecule has 1 aromatic carbocycles. The first-order chi connectivity index (χ1) is 9.88. The first-order valence-electron chi connectivity index (χ1n) is 5.74. The van der Waals surface area contributed by atoms with Crippen molar-refractivity contribution in [3.05, 3.63) is 29.6 Å². The van der Waals surface area contributed by atoms with Crippen molar-refractivity contribution in [2.75, 3.05) is 17.9 Å². The maximum absolute atomic E-state index is 13.1. The lowest BCUT2D eigenvalue weighted by molar-refractivity contribution is 0.159. The van der Waals surface area contributed by atoms with E-state index in [0.29, 0.717) is 0 Å². The van der Waals surface area contributed by atoms with Gasteiger partial charge >= 0.3 is 16.3 Å². The molecule has 0 aliphatic carbocycles. The van der Waals surface area contributed by atoms with E-state index in [-0.39, 0.29) is 17.9 Å². The molecular formula is C12H13FN2O5S. The Kier molecular flexibility index (Phi) is 5.95. The van der Waals surface area contributed by atoms with Crippen LogP contribution >= 0.6 is 0 Å². The Hall–Kier alpha value is -2.31. The van der Waals surface area contributed by atoms with Gasteiger partial charge in [-0.05, 0) is 25.1 Å². The molecule has 0 fully saturated rings. The van der Waals surface area contributed by atoms with Crippen molar-refractivity contribution in [1.82, 2.24) is 4.72 Å². The quantitative estimate of drug-likeness (QED) is 0.705. The van der Waals surface area contributed by atoms with E-state index in [1.165, 1.54) is 6.92 Å². The smallest absolute Gasteiger partial charge is 0.422 e. The minimum absolute atomic E-state index is 0.00509. The summed E-state index contributed by atoms with van der Waals surface area (Å²) in [6, 6.07) is 3.15. The molecule has 0 spiro atoms. The number of aliphatic hydroxyl groups excluding tert-OH is 1. The number of rotatable bonds is 4. The summed E-state index contributed by atoms with van der Waals surface area (Å²) in [6.45, 7) is 1.05. The molecule has 21 heavy (non-hydrogen) atoms. The second-order valence-corrected chi connectivity index (χ2v) is 4.99. The summed E-state index contributed by atoms with van der Waals surface area (Å²) < 4.78 is 44.6. The van der Waals surface area contributed by atoms with Crippen LogP contribution in [0, 0.1) is 17.7 Å². The van der Waals surface area contributed by atoms with E-state index >= 15 is 0 Å². The molecule has 0 radical (unpaired) electrons. The number of amides is 1. The first kappa shape index (κ1) is 16.7. The summed E-state index contributed by atoms with van der Waals surface area (Å²) in [7, 11) is -4.24. The molecular weight excluding hydrogens is 303 g/mol. The minimum atomic E-state index is -4.24. The van der Waals surface area contributed by atoms with Gasteiger partial charge in [-0.25, -0.2) is 13.9 Å². The van der Waals surface area contributed by atoms with Gasteiger partial charge in [0.15, 0.2) is 0 Å². The predicted octanol–water partition coefficient (Wildman–Crippen LogP) is 0.572. The molecule has 1 amide bonds. The largest absolute Gasteiger partial charge is 0.449 e. The number of aliphatic hydroxyl groups is 1. The van der Waals surface area contributed by atoms with E-state index in [1.807, 2.05) is 4.72 Å². The molecule has 0 saturated heterocycles. The third-order valence-electron chi connectivity index (χ3n) is 2.02. The SMILES string of the molecule is CCOC(=O)NS(=O)(=O)Nc1ccc(F)cc1C#CCO. The Morgan fingerprint density at radius 2 is 2.19 bits per heavy atom. The predicted molar refractivity (Wildman–Crippen MR) is 73.1 cm³/mol. The number of hydrogen-bond acceptors (Lipinski definition) is 5. The second-order valence-electron chi connectivity index (χ2n) is 3.58. The molecule has 0 saturated carbocycles. The third-order valence-corrected chi connectivity index (χ3v) is 2.95. The lowest BCUT2D eigenvalue weighted by Gasteiger charge is -2.10. The first-order valence-corrected chi connectivity index (χ1v) is 7.23. The highest BCUT2D eigenvalue weighted by Gasteiger charge is 2.16. The Morgan fingerprint density at radius 3 is 2.81 bits per heavy atom. The van der Waals surface area contributed by atoms with Crippen LogP contribution in [0.2, 0.25) is 0 Å². The topological polar surface area (TPSA) is 105 Å². The van der Waals surface area contributed by atoms with Gasteiger partial charge in [0.25, 0.3) is 0 Å². The number of nitrogens with one attached hydrogen (secondary N) is 2. The fourth-order valence-corrected chi connectivity index (χ4v) is 2.08. The highest BCUT2D eigenvalue weighted by atomic mass is 32.2. The summed E-state index contributed by atoms with van der Waals surface area (Å²) in [5, 5.41) is 8.62. The molecule has 0 unspecified atom stereocenters. The van der Waals surface area contributed by atoms with Crippen molar-refractivity contribution in [2.24, 2.45) is 0 Å². The van der Waals surface area contributed by atoms with Crippen LogP contribution in [0.5, 0.6) is 0 Å². The van der Waals surface area contributed by atoms with E-state index in [9.17, 15) is 17.6 Å². The van der Waals surface area contributed by atoms with Gasteiger partial charge in [0.05, 0.1) is 17.9 Å². The molecule has 0 aliphatic heterocycles. The van der Waals surface area contributed by atoms with Crippen LogP contribution in [0.1, 0.15) is 12.5 Å². The van der Waals surface area contributed by atoms with E-state index in [2.05, 4.69) is 16.6 Å². The van der Waals surface area contributed by atoms with Gasteiger partial charge in [0.2, 0.25) is 0 Å². The van der Waals surface area contributed by atoms with Crippen LogP contribution in [0.25, 0.3) is 0 Å². The zero-order valence-corrected chi connectivity index (χ0v) is 11.8. The Balaban J connectivity index is 2.99. The van der Waals surface area contributed by atoms with Crippen molar-refractivity contribution in [2.45, 2.75) is 6.92 Å². The maximum Gasteiger partial charge on any atom is 0.422 e. The number of hydrogen-bond donors (Lipinski definition) is 3. The van der Waals surface area contributed by atoms with Gasteiger partial charge in [0.1, 0.15) is 12.4 Å². The van der Waals surface area contributed by atoms with E-state index in [4.69, 9.17) is 5.11 Å². The Bertz CT molecular complexity index is 679. The molecule has 9 heteroatoms. The summed E-state index contributed by atoms with van der Waals surface area (Å²) >= 11 is 0. The average Bonchev–Trinajstić information content (AvgIpc) is 2.38. The van der Waals surface area contributed by atoms with Crippen molar-refractivity contribution in [1.29, 1.82) is 0 Å². The van der Waals surface area contributed by atoms with Crippen LogP contribution < -0.4 is 9.44 Å². The average molecular weight is 316 g/mol. The minimum Gasteiger partial charge on any atom is -0.449 e. The van der Waals surface area contributed by atoms with Crippen molar-refractivity contribution in [3.8, 4) is 11.8 Å². The lowest BCUT2D eigenvalue weighted by atomic mass is 10.2. The molecule has 114 valence electrons. The van der Waals surface area contributed by atoms with Crippen LogP contribution in [0.3, 0.4) is 0 Å². The van der Waals surface area contributed by atoms with Gasteiger partial charge < -0.3 is 9.84 Å². The Labute approximate surface area is 121 Å². The number of carbonyl (C=O) groups excluding carboxylic acids is 1. The normalized spacial score (nSPS) is 10.2. The van der Waals surface area contributed by atoms with Crippen LogP contribution in [0.4, 0.5) is 14.9 Å². The summed E-state index contributed by atoms with van der Waals surface area (Å²) in [6.07, 6.45) is -1.14. The van der Waals surface area contributed by atoms with Gasteiger partial charge in [-0.15, -0.1) is 0 Å². The standard InChI is InChI=1S/C12H13FN2O5S/c1-2-20-12(17)15-21(18,19)14-11-6-5-10(13)8-9(11)4-3-7-16/h5-6,8,14,16H,2,7H2,1H3,(H,15,17). The van der Waals surface area contributed by atoms with Gasteiger partial charge in [-0.2, -0.15) is 8.42 Å². The third kappa shape index (κ3) is 5.68. The Morgan fingerprint density at radius 1 is 1.48 bits per heavy atom. The monoisotopic (exact) mass is 316 g/mol. The van der Waals surface area contributed by atoms with Crippen molar-refractivity contribution >= 4 is 22.0 Å². The van der Waals surface area contributed by atoms with Gasteiger partial charge in [0, 0.05) is 0 Å². The molecule has 0 heterocycles. The number of halogens is 1. The van der Waals surface area contributed by atoms with Crippen LogP contribution in [-0.2, 0) is 14.9 Å². The highest BCUT2D eigenvalue weighted by molar-refractivity contribution is 7.91. The maximum atomic E-state index is 13.1.